The lowest BCUT2D eigenvalue weighted by Gasteiger charge is -2.33. The zero-order valence-corrected chi connectivity index (χ0v) is 22.0. The van der Waals surface area contributed by atoms with Crippen molar-refractivity contribution in [1.82, 2.24) is 4.90 Å². The number of alkyl halides is 3. The fourth-order valence-corrected chi connectivity index (χ4v) is 4.86. The Kier molecular flexibility index (Phi) is 9.34. The van der Waals surface area contributed by atoms with Crippen molar-refractivity contribution in [2.45, 2.75) is 57.5 Å². The maximum atomic E-state index is 12.9. The molecular weight excluding hydrogens is 489 g/mol. The van der Waals surface area contributed by atoms with Crippen molar-refractivity contribution in [3.63, 3.8) is 0 Å². The number of benzene rings is 3. The van der Waals surface area contributed by atoms with Gasteiger partial charge in [0.25, 0.3) is 0 Å². The monoisotopic (exact) mass is 526 g/mol. The van der Waals surface area contributed by atoms with Crippen molar-refractivity contribution in [2.75, 3.05) is 25.0 Å². The molecule has 2 unspecified atom stereocenters. The maximum Gasteiger partial charge on any atom is 0.416 e. The van der Waals surface area contributed by atoms with Crippen LogP contribution in [0.3, 0.4) is 0 Å². The van der Waals surface area contributed by atoms with Crippen LogP contribution in [0.15, 0.2) is 78.9 Å². The van der Waals surface area contributed by atoms with Crippen molar-refractivity contribution in [1.29, 1.82) is 0 Å². The highest BCUT2D eigenvalue weighted by atomic mass is 19.4. The van der Waals surface area contributed by atoms with Crippen molar-refractivity contribution >= 4 is 5.69 Å². The molecule has 0 bridgehead atoms. The summed E-state index contributed by atoms with van der Waals surface area (Å²) < 4.78 is 45.0. The van der Waals surface area contributed by atoms with E-state index in [9.17, 15) is 18.3 Å². The number of anilines is 1. The van der Waals surface area contributed by atoms with E-state index in [-0.39, 0.29) is 12.0 Å². The molecule has 0 spiro atoms. The van der Waals surface area contributed by atoms with Crippen molar-refractivity contribution in [3.8, 4) is 5.75 Å². The number of aliphatic hydroxyl groups excluding tert-OH is 1. The van der Waals surface area contributed by atoms with Crippen molar-refractivity contribution in [3.05, 3.63) is 95.6 Å². The molecule has 1 aliphatic heterocycles. The molecule has 0 aromatic heterocycles. The third kappa shape index (κ3) is 7.74. The van der Waals surface area contributed by atoms with Crippen LogP contribution in [0.2, 0.25) is 0 Å². The van der Waals surface area contributed by atoms with E-state index in [1.807, 2.05) is 56.3 Å². The summed E-state index contributed by atoms with van der Waals surface area (Å²) in [6.07, 6.45) is -2.35. The van der Waals surface area contributed by atoms with E-state index in [0.29, 0.717) is 11.7 Å². The van der Waals surface area contributed by atoms with Gasteiger partial charge in [0.05, 0.1) is 5.56 Å². The molecule has 38 heavy (non-hydrogen) atoms. The normalized spacial score (nSPS) is 16.8. The van der Waals surface area contributed by atoms with Gasteiger partial charge in [-0.15, -0.1) is 0 Å². The van der Waals surface area contributed by atoms with Crippen LogP contribution in [0.5, 0.6) is 5.75 Å². The molecule has 7 heteroatoms. The molecule has 0 amide bonds. The van der Waals surface area contributed by atoms with Crippen LogP contribution >= 0.6 is 0 Å². The van der Waals surface area contributed by atoms with Crippen LogP contribution < -0.4 is 10.1 Å². The number of hydrogen-bond donors (Lipinski definition) is 2. The number of hydrogen-bond acceptors (Lipinski definition) is 4. The molecule has 3 aromatic rings. The van der Waals surface area contributed by atoms with Gasteiger partial charge in [0.1, 0.15) is 18.1 Å². The van der Waals surface area contributed by atoms with Gasteiger partial charge in [0.15, 0.2) is 0 Å². The molecule has 1 aliphatic rings. The Hall–Kier alpha value is -3.03. The minimum absolute atomic E-state index is 0.129. The van der Waals surface area contributed by atoms with Crippen molar-refractivity contribution in [2.24, 2.45) is 5.92 Å². The number of nitrogens with zero attached hydrogens (tertiary/aromatic N) is 1. The first-order chi connectivity index (χ1) is 18.2. The first-order valence-electron chi connectivity index (χ1n) is 13.3. The summed E-state index contributed by atoms with van der Waals surface area (Å²) in [4.78, 5) is 2.44. The quantitative estimate of drug-likeness (QED) is 0.269. The standard InChI is InChI=1S/C31H37F3N2O2/c1-22(2)30(37)35-27-10-6-9-25(21-27)23-15-18-36(19-16-23)20-17-29(24-7-4-3-5-8-24)38-28-13-11-26(12-14-28)31(32,33)34/h3-14,21-23,29-30,35,37H,15-20H2,1-2H3. The van der Waals surface area contributed by atoms with Gasteiger partial charge in [0.2, 0.25) is 0 Å². The van der Waals surface area contributed by atoms with Gasteiger partial charge in [-0.1, -0.05) is 56.3 Å². The maximum absolute atomic E-state index is 12.9. The Balaban J connectivity index is 1.34. The summed E-state index contributed by atoms with van der Waals surface area (Å²) in [6, 6.07) is 23.1. The molecule has 4 nitrogen and oxygen atoms in total. The lowest BCUT2D eigenvalue weighted by Crippen LogP contribution is -2.34. The van der Waals surface area contributed by atoms with E-state index in [1.54, 1.807) is 0 Å². The lowest BCUT2D eigenvalue weighted by molar-refractivity contribution is -0.137. The molecule has 3 aromatic carbocycles. The summed E-state index contributed by atoms with van der Waals surface area (Å²) in [6.45, 7) is 6.74. The Bertz CT molecular complexity index is 1130. The number of rotatable bonds is 10. The van der Waals surface area contributed by atoms with Crippen LogP contribution in [-0.4, -0.2) is 35.9 Å². The van der Waals surface area contributed by atoms with E-state index in [0.717, 1.165) is 62.3 Å². The van der Waals surface area contributed by atoms with E-state index in [4.69, 9.17) is 4.74 Å². The molecule has 0 aliphatic carbocycles. The second-order valence-corrected chi connectivity index (χ2v) is 10.4. The predicted octanol–water partition coefficient (Wildman–Crippen LogP) is 7.48. The largest absolute Gasteiger partial charge is 0.486 e. The second kappa shape index (κ2) is 12.7. The van der Waals surface area contributed by atoms with Gasteiger partial charge in [-0.05, 0) is 85.3 Å². The van der Waals surface area contributed by atoms with E-state index in [2.05, 4.69) is 22.3 Å². The number of likely N-dealkylation sites (tertiary alicyclic amines) is 1. The topological polar surface area (TPSA) is 44.7 Å². The van der Waals surface area contributed by atoms with Gasteiger partial charge >= 0.3 is 6.18 Å². The van der Waals surface area contributed by atoms with Gasteiger partial charge < -0.3 is 20.1 Å². The molecule has 1 fully saturated rings. The molecule has 1 saturated heterocycles. The van der Waals surface area contributed by atoms with Crippen LogP contribution in [0.25, 0.3) is 0 Å². The number of halogens is 3. The van der Waals surface area contributed by atoms with E-state index >= 15 is 0 Å². The lowest BCUT2D eigenvalue weighted by atomic mass is 9.89. The van der Waals surface area contributed by atoms with Crippen LogP contribution in [0.4, 0.5) is 18.9 Å². The Morgan fingerprint density at radius 1 is 0.947 bits per heavy atom. The fraction of sp³-hybridized carbons (Fsp3) is 0.419. The van der Waals surface area contributed by atoms with Crippen LogP contribution in [0, 0.1) is 5.92 Å². The Labute approximate surface area is 223 Å². The average molecular weight is 527 g/mol. The van der Waals surface area contributed by atoms with Gasteiger partial charge in [-0.2, -0.15) is 13.2 Å². The molecule has 0 saturated carbocycles. The first-order valence-corrected chi connectivity index (χ1v) is 13.3. The Morgan fingerprint density at radius 2 is 1.63 bits per heavy atom. The minimum Gasteiger partial charge on any atom is -0.486 e. The number of aliphatic hydroxyl groups is 1. The highest BCUT2D eigenvalue weighted by Gasteiger charge is 2.30. The summed E-state index contributed by atoms with van der Waals surface area (Å²) in [5.74, 6) is 1.03. The van der Waals surface area contributed by atoms with Gasteiger partial charge in [-0.25, -0.2) is 0 Å². The molecule has 204 valence electrons. The summed E-state index contributed by atoms with van der Waals surface area (Å²) in [5, 5.41) is 13.4. The molecule has 1 heterocycles. The predicted molar refractivity (Wildman–Crippen MR) is 145 cm³/mol. The first kappa shape index (κ1) is 28.0. The smallest absolute Gasteiger partial charge is 0.416 e. The van der Waals surface area contributed by atoms with Crippen LogP contribution in [0.1, 0.15) is 61.8 Å². The zero-order chi connectivity index (χ0) is 27.1. The molecular formula is C31H37F3N2O2. The third-order valence-electron chi connectivity index (χ3n) is 7.23. The molecule has 2 atom stereocenters. The van der Waals surface area contributed by atoms with E-state index < -0.39 is 18.0 Å². The number of piperidine rings is 1. The van der Waals surface area contributed by atoms with Gasteiger partial charge in [0, 0.05) is 18.7 Å². The van der Waals surface area contributed by atoms with Crippen molar-refractivity contribution < 1.29 is 23.0 Å². The SMILES string of the molecule is CC(C)C(O)Nc1cccc(C2CCN(CCC(Oc3ccc(C(F)(F)F)cc3)c3ccccc3)CC2)c1. The van der Waals surface area contributed by atoms with E-state index in [1.165, 1.54) is 17.7 Å². The van der Waals surface area contributed by atoms with Crippen LogP contribution in [-0.2, 0) is 6.18 Å². The minimum atomic E-state index is -4.36. The van der Waals surface area contributed by atoms with Gasteiger partial charge in [-0.3, -0.25) is 0 Å². The highest BCUT2D eigenvalue weighted by Crippen LogP contribution is 2.33. The summed E-state index contributed by atoms with van der Waals surface area (Å²) in [7, 11) is 0. The summed E-state index contributed by atoms with van der Waals surface area (Å²) in [5.41, 5.74) is 2.56. The highest BCUT2D eigenvalue weighted by molar-refractivity contribution is 5.47. The molecule has 4 rings (SSSR count). The number of nitrogens with one attached hydrogen (secondary N) is 1. The zero-order valence-electron chi connectivity index (χ0n) is 22.0. The average Bonchev–Trinajstić information content (AvgIpc) is 2.91. The molecule has 2 N–H and O–H groups in total. The number of ether oxygens (including phenoxy) is 1. The molecule has 0 radical (unpaired) electrons. The second-order valence-electron chi connectivity index (χ2n) is 10.4. The third-order valence-corrected chi connectivity index (χ3v) is 7.23. The summed E-state index contributed by atoms with van der Waals surface area (Å²) >= 11 is 0. The Morgan fingerprint density at radius 3 is 2.26 bits per heavy atom. The fourth-order valence-electron chi connectivity index (χ4n) is 4.86.